The normalized spacial score (nSPS) is 35.6. The molecule has 0 amide bonds. The minimum Gasteiger partial charge on any atom is -0.478 e. The van der Waals surface area contributed by atoms with Crippen LogP contribution in [0.25, 0.3) is 6.08 Å². The van der Waals surface area contributed by atoms with Crippen LogP contribution >= 0.6 is 0 Å². The molecule has 2 fully saturated rings. The van der Waals surface area contributed by atoms with E-state index in [9.17, 15) is 34.8 Å². The SMILES string of the molecule is CC1OC(=O)C[C@H]2C(C(=O)O)=COC(OC3OC(COC(=O)C=Cc4ccccc4)C(O)C(O)C3O)[C@@H]12. The third-order valence-electron chi connectivity index (χ3n) is 6.54. The van der Waals surface area contributed by atoms with E-state index in [0.29, 0.717) is 0 Å². The van der Waals surface area contributed by atoms with E-state index in [1.807, 2.05) is 6.07 Å². The van der Waals surface area contributed by atoms with Crippen molar-refractivity contribution in [3.8, 4) is 0 Å². The summed E-state index contributed by atoms with van der Waals surface area (Å²) in [5.41, 5.74) is 0.649. The molecule has 200 valence electrons. The lowest BCUT2D eigenvalue weighted by molar-refractivity contribution is -0.346. The minimum absolute atomic E-state index is 0.123. The van der Waals surface area contributed by atoms with Gasteiger partial charge in [0.25, 0.3) is 0 Å². The van der Waals surface area contributed by atoms with Crippen LogP contribution < -0.4 is 0 Å². The highest BCUT2D eigenvalue weighted by atomic mass is 16.8. The summed E-state index contributed by atoms with van der Waals surface area (Å²) in [5.74, 6) is -4.09. The van der Waals surface area contributed by atoms with Crippen molar-refractivity contribution in [3.05, 3.63) is 53.8 Å². The predicted molar refractivity (Wildman–Crippen MR) is 122 cm³/mol. The molecular weight excluding hydrogens is 492 g/mol. The number of hydrogen-bond acceptors (Lipinski definition) is 11. The first-order chi connectivity index (χ1) is 17.7. The van der Waals surface area contributed by atoms with E-state index in [0.717, 1.165) is 11.8 Å². The third-order valence-corrected chi connectivity index (χ3v) is 6.54. The van der Waals surface area contributed by atoms with E-state index in [1.165, 1.54) is 6.08 Å². The van der Waals surface area contributed by atoms with E-state index >= 15 is 0 Å². The Kier molecular flexibility index (Phi) is 8.25. The second-order valence-corrected chi connectivity index (χ2v) is 8.99. The van der Waals surface area contributed by atoms with Gasteiger partial charge >= 0.3 is 17.9 Å². The van der Waals surface area contributed by atoms with Crippen molar-refractivity contribution < 1.29 is 58.5 Å². The summed E-state index contributed by atoms with van der Waals surface area (Å²) in [4.78, 5) is 35.7. The molecule has 7 unspecified atom stereocenters. The van der Waals surface area contributed by atoms with Crippen LogP contribution in [0.4, 0.5) is 0 Å². The summed E-state index contributed by atoms with van der Waals surface area (Å²) in [5, 5.41) is 40.6. The van der Waals surface area contributed by atoms with Crippen LogP contribution in [0.2, 0.25) is 0 Å². The lowest BCUT2D eigenvalue weighted by atomic mass is 9.77. The van der Waals surface area contributed by atoms with Crippen LogP contribution in [0.3, 0.4) is 0 Å². The molecule has 3 aliphatic rings. The predicted octanol–water partition coefficient (Wildman–Crippen LogP) is -0.0402. The zero-order valence-electron chi connectivity index (χ0n) is 19.8. The molecular formula is C25H28O12. The number of rotatable bonds is 7. The number of cyclic esters (lactones) is 1. The van der Waals surface area contributed by atoms with Crippen molar-refractivity contribution in [3.63, 3.8) is 0 Å². The van der Waals surface area contributed by atoms with E-state index in [2.05, 4.69) is 0 Å². The van der Waals surface area contributed by atoms with Crippen molar-refractivity contribution in [1.82, 2.24) is 0 Å². The van der Waals surface area contributed by atoms with Crippen LogP contribution in [0.1, 0.15) is 18.9 Å². The number of aliphatic carboxylic acids is 1. The summed E-state index contributed by atoms with van der Waals surface area (Å²) < 4.78 is 27.2. The molecule has 0 bridgehead atoms. The number of fused-ring (bicyclic) bond motifs is 1. The van der Waals surface area contributed by atoms with Gasteiger partial charge in [0.2, 0.25) is 6.29 Å². The number of benzene rings is 1. The number of aliphatic hydroxyl groups excluding tert-OH is 3. The molecule has 1 aromatic rings. The first kappa shape index (κ1) is 26.8. The number of carbonyl (C=O) groups excluding carboxylic acids is 2. The highest BCUT2D eigenvalue weighted by Crippen LogP contribution is 2.41. The summed E-state index contributed by atoms with van der Waals surface area (Å²) >= 11 is 0. The number of ether oxygens (including phenoxy) is 5. The first-order valence-electron chi connectivity index (χ1n) is 11.7. The Balaban J connectivity index is 1.42. The molecule has 0 aromatic heterocycles. The molecule has 9 atom stereocenters. The van der Waals surface area contributed by atoms with E-state index in [1.54, 1.807) is 37.3 Å². The van der Waals surface area contributed by atoms with Crippen molar-refractivity contribution >= 4 is 24.0 Å². The van der Waals surface area contributed by atoms with Gasteiger partial charge in [-0.1, -0.05) is 30.3 Å². The van der Waals surface area contributed by atoms with Crippen LogP contribution in [-0.2, 0) is 38.1 Å². The molecule has 0 saturated carbocycles. The van der Waals surface area contributed by atoms with Gasteiger partial charge in [0, 0.05) is 12.0 Å². The van der Waals surface area contributed by atoms with Crippen molar-refractivity contribution in [2.45, 2.75) is 56.4 Å². The molecule has 4 rings (SSSR count). The maximum absolute atomic E-state index is 12.1. The molecule has 1 aromatic carbocycles. The fraction of sp³-hybridized carbons (Fsp3) is 0.480. The van der Waals surface area contributed by atoms with Gasteiger partial charge in [-0.15, -0.1) is 0 Å². The van der Waals surface area contributed by atoms with E-state index < -0.39 is 79.5 Å². The Bertz CT molecular complexity index is 1050. The molecule has 3 aliphatic heterocycles. The fourth-order valence-electron chi connectivity index (χ4n) is 4.59. The molecule has 12 heteroatoms. The Morgan fingerprint density at radius 2 is 1.81 bits per heavy atom. The van der Waals surface area contributed by atoms with Crippen molar-refractivity contribution in [2.75, 3.05) is 6.61 Å². The van der Waals surface area contributed by atoms with Gasteiger partial charge in [-0.2, -0.15) is 0 Å². The second kappa shape index (κ2) is 11.4. The fourth-order valence-corrected chi connectivity index (χ4v) is 4.59. The average molecular weight is 520 g/mol. The van der Waals surface area contributed by atoms with Crippen LogP contribution in [0.5, 0.6) is 0 Å². The summed E-state index contributed by atoms with van der Waals surface area (Å²) in [6, 6.07) is 9.02. The third kappa shape index (κ3) is 6.00. The van der Waals surface area contributed by atoms with Crippen LogP contribution in [-0.4, -0.2) is 88.0 Å². The molecule has 3 heterocycles. The monoisotopic (exact) mass is 520 g/mol. The lowest BCUT2D eigenvalue weighted by Gasteiger charge is -2.45. The number of esters is 2. The lowest BCUT2D eigenvalue weighted by Crippen LogP contribution is -2.61. The number of carboxylic acids is 1. The molecule has 4 N–H and O–H groups in total. The maximum Gasteiger partial charge on any atom is 0.335 e. The highest BCUT2D eigenvalue weighted by Gasteiger charge is 2.52. The summed E-state index contributed by atoms with van der Waals surface area (Å²) in [7, 11) is 0. The Morgan fingerprint density at radius 1 is 1.08 bits per heavy atom. The average Bonchev–Trinajstić information content (AvgIpc) is 2.87. The Morgan fingerprint density at radius 3 is 2.51 bits per heavy atom. The molecule has 0 radical (unpaired) electrons. The molecule has 2 saturated heterocycles. The summed E-state index contributed by atoms with van der Waals surface area (Å²) in [6.07, 6.45) is -6.34. The minimum atomic E-state index is -1.71. The zero-order chi connectivity index (χ0) is 26.7. The largest absolute Gasteiger partial charge is 0.478 e. The number of aliphatic hydroxyl groups is 3. The second-order valence-electron chi connectivity index (χ2n) is 8.99. The van der Waals surface area contributed by atoms with Gasteiger partial charge in [0.15, 0.2) is 6.29 Å². The zero-order valence-corrected chi connectivity index (χ0v) is 19.8. The smallest absolute Gasteiger partial charge is 0.335 e. The Labute approximate surface area is 211 Å². The molecule has 0 spiro atoms. The highest BCUT2D eigenvalue weighted by molar-refractivity contribution is 5.88. The van der Waals surface area contributed by atoms with Gasteiger partial charge in [0.1, 0.15) is 37.1 Å². The van der Waals surface area contributed by atoms with Crippen LogP contribution in [0.15, 0.2) is 48.2 Å². The van der Waals surface area contributed by atoms with E-state index in [4.69, 9.17) is 23.7 Å². The molecule has 37 heavy (non-hydrogen) atoms. The number of carboxylic acid groups (broad SMARTS) is 1. The van der Waals surface area contributed by atoms with E-state index in [-0.39, 0.29) is 12.0 Å². The topological polar surface area (TPSA) is 178 Å². The quantitative estimate of drug-likeness (QED) is 0.279. The maximum atomic E-state index is 12.1. The van der Waals surface area contributed by atoms with Gasteiger partial charge in [-0.3, -0.25) is 4.79 Å². The van der Waals surface area contributed by atoms with Crippen molar-refractivity contribution in [1.29, 1.82) is 0 Å². The standard InChI is InChI=1S/C25H28O12/c1-12-19-14(9-18(27)35-12)15(23(31)32)10-34-24(19)37-25-22(30)21(29)20(28)16(36-25)11-33-17(26)8-7-13-5-3-2-4-6-13/h2-8,10,12,14,16,19-22,24-25,28-30H,9,11H2,1H3,(H,31,32)/t12?,14-,16?,19-,20?,21?,22?,24?,25?/m0/s1. The molecule has 12 nitrogen and oxygen atoms in total. The number of hydrogen-bond donors (Lipinski definition) is 4. The van der Waals surface area contributed by atoms with Gasteiger partial charge in [0.05, 0.1) is 24.2 Å². The summed E-state index contributed by atoms with van der Waals surface area (Å²) in [6.45, 7) is 1.10. The van der Waals surface area contributed by atoms with Crippen molar-refractivity contribution in [2.24, 2.45) is 11.8 Å². The van der Waals surface area contributed by atoms with Crippen LogP contribution in [0, 0.1) is 11.8 Å². The molecule has 0 aliphatic carbocycles. The Hall–Kier alpha value is -3.29. The van der Waals surface area contributed by atoms with Gasteiger partial charge in [-0.05, 0) is 18.6 Å². The number of carbonyl (C=O) groups is 3. The first-order valence-corrected chi connectivity index (χ1v) is 11.7. The van der Waals surface area contributed by atoms with Gasteiger partial charge in [-0.25, -0.2) is 9.59 Å². The van der Waals surface area contributed by atoms with Gasteiger partial charge < -0.3 is 44.1 Å².